The van der Waals surface area contributed by atoms with Crippen LogP contribution in [0.1, 0.15) is 23.2 Å². The molecule has 0 aliphatic heterocycles. The first-order valence-corrected chi connectivity index (χ1v) is 5.54. The van der Waals surface area contributed by atoms with Gasteiger partial charge in [0.25, 0.3) is 5.69 Å². The number of aliphatic hydroxyl groups is 1. The molecule has 7 nitrogen and oxygen atoms in total. The molecule has 0 atom stereocenters. The summed E-state index contributed by atoms with van der Waals surface area (Å²) in [6.07, 6.45) is 0.374. The van der Waals surface area contributed by atoms with Crippen LogP contribution in [0.3, 0.4) is 0 Å². The highest BCUT2D eigenvalue weighted by molar-refractivity contribution is 5.90. The van der Waals surface area contributed by atoms with Gasteiger partial charge in [0.1, 0.15) is 17.1 Å². The normalized spacial score (nSPS) is 21.6. The van der Waals surface area contributed by atoms with Crippen LogP contribution in [0.4, 0.5) is 15.8 Å². The second-order valence-electron chi connectivity index (χ2n) is 4.38. The molecule has 0 radical (unpaired) electrons. The highest BCUT2D eigenvalue weighted by Crippen LogP contribution is 2.32. The van der Waals surface area contributed by atoms with E-state index in [9.17, 15) is 19.3 Å². The summed E-state index contributed by atoms with van der Waals surface area (Å²) in [6.45, 7) is 0. The van der Waals surface area contributed by atoms with Crippen molar-refractivity contribution in [1.82, 2.24) is 0 Å². The molecule has 1 aliphatic carbocycles. The smallest absolute Gasteiger partial charge is 0.338 e. The van der Waals surface area contributed by atoms with E-state index < -0.39 is 34.1 Å². The Labute approximate surface area is 106 Å². The maximum Gasteiger partial charge on any atom is 0.338 e. The predicted octanol–water partition coefficient (Wildman–Crippen LogP) is 1.37. The highest BCUT2D eigenvalue weighted by atomic mass is 19.1. The number of aliphatic hydroxyl groups excluding tert-OH is 1. The van der Waals surface area contributed by atoms with Gasteiger partial charge in [-0.25, -0.2) is 9.18 Å². The number of carbonyl (C=O) groups is 1. The van der Waals surface area contributed by atoms with E-state index in [1.807, 2.05) is 0 Å². The van der Waals surface area contributed by atoms with Gasteiger partial charge in [0.2, 0.25) is 0 Å². The van der Waals surface area contributed by atoms with Gasteiger partial charge in [-0.2, -0.15) is 0 Å². The van der Waals surface area contributed by atoms with Crippen LogP contribution in [0, 0.1) is 15.9 Å². The number of hydrogen-bond acceptors (Lipinski definition) is 5. The Hall–Kier alpha value is -2.22. The van der Waals surface area contributed by atoms with Crippen LogP contribution in [0.15, 0.2) is 12.1 Å². The minimum absolute atomic E-state index is 0.0793. The topological polar surface area (TPSA) is 113 Å². The molecule has 0 aromatic heterocycles. The van der Waals surface area contributed by atoms with Crippen LogP contribution in [-0.4, -0.2) is 33.3 Å². The average Bonchev–Trinajstić information content (AvgIpc) is 2.26. The van der Waals surface area contributed by atoms with Crippen molar-refractivity contribution in [1.29, 1.82) is 0 Å². The Kier molecular flexibility index (Phi) is 3.34. The second-order valence-corrected chi connectivity index (χ2v) is 4.38. The fraction of sp³-hybridized carbons (Fsp3) is 0.364. The zero-order valence-corrected chi connectivity index (χ0v) is 9.67. The van der Waals surface area contributed by atoms with Crippen LogP contribution in [-0.2, 0) is 0 Å². The Morgan fingerprint density at radius 2 is 2.11 bits per heavy atom. The van der Waals surface area contributed by atoms with Crippen molar-refractivity contribution in [2.45, 2.75) is 25.0 Å². The summed E-state index contributed by atoms with van der Waals surface area (Å²) >= 11 is 0. The third kappa shape index (κ3) is 2.63. The first kappa shape index (κ1) is 13.2. The molecule has 0 unspecified atom stereocenters. The Bertz CT molecular complexity index is 542. The van der Waals surface area contributed by atoms with E-state index in [0.717, 1.165) is 6.07 Å². The van der Waals surface area contributed by atoms with Gasteiger partial charge in [-0.05, 0) is 12.8 Å². The van der Waals surface area contributed by atoms with Crippen LogP contribution in [0.5, 0.6) is 0 Å². The maximum atomic E-state index is 13.5. The second kappa shape index (κ2) is 4.81. The molecule has 0 bridgehead atoms. The third-order valence-electron chi connectivity index (χ3n) is 2.99. The number of carboxylic acid groups (broad SMARTS) is 1. The SMILES string of the molecule is O=C(O)c1cc([N+](=O)[O-])c(NC2CC(O)C2)cc1F. The van der Waals surface area contributed by atoms with Crippen molar-refractivity contribution < 1.29 is 24.3 Å². The Balaban J connectivity index is 2.33. The molecular weight excluding hydrogens is 259 g/mol. The summed E-state index contributed by atoms with van der Waals surface area (Å²) in [7, 11) is 0. The van der Waals surface area contributed by atoms with Crippen LogP contribution in [0.2, 0.25) is 0 Å². The molecule has 102 valence electrons. The van der Waals surface area contributed by atoms with Gasteiger partial charge in [0.05, 0.1) is 11.0 Å². The summed E-state index contributed by atoms with van der Waals surface area (Å²) in [4.78, 5) is 20.8. The highest BCUT2D eigenvalue weighted by Gasteiger charge is 2.30. The van der Waals surface area contributed by atoms with Crippen LogP contribution >= 0.6 is 0 Å². The van der Waals surface area contributed by atoms with Crippen molar-refractivity contribution >= 4 is 17.3 Å². The number of anilines is 1. The standard InChI is InChI=1S/C11H11FN2O5/c12-8-4-9(13-5-1-6(15)2-5)10(14(18)19)3-7(8)11(16)17/h3-6,13,15H,1-2H2,(H,16,17). The lowest BCUT2D eigenvalue weighted by molar-refractivity contribution is -0.384. The molecule has 1 saturated carbocycles. The van der Waals surface area contributed by atoms with E-state index in [1.54, 1.807) is 0 Å². The molecule has 19 heavy (non-hydrogen) atoms. The van der Waals surface area contributed by atoms with E-state index >= 15 is 0 Å². The number of aromatic carboxylic acids is 1. The Morgan fingerprint density at radius 1 is 1.47 bits per heavy atom. The fourth-order valence-corrected chi connectivity index (χ4v) is 1.92. The van der Waals surface area contributed by atoms with E-state index in [1.165, 1.54) is 0 Å². The first-order chi connectivity index (χ1) is 8.88. The summed E-state index contributed by atoms with van der Waals surface area (Å²) in [5, 5.41) is 31.4. The number of nitrogens with zero attached hydrogens (tertiary/aromatic N) is 1. The van der Waals surface area contributed by atoms with Gasteiger partial charge >= 0.3 is 5.97 Å². The van der Waals surface area contributed by atoms with Crippen LogP contribution < -0.4 is 5.32 Å². The number of hydrogen-bond donors (Lipinski definition) is 3. The molecule has 1 aromatic carbocycles. The zero-order valence-electron chi connectivity index (χ0n) is 9.67. The van der Waals surface area contributed by atoms with Crippen molar-refractivity contribution in [3.05, 3.63) is 33.6 Å². The molecule has 1 aromatic rings. The summed E-state index contributed by atoms with van der Waals surface area (Å²) in [5.74, 6) is -2.60. The number of nitro benzene ring substituents is 1. The van der Waals surface area contributed by atoms with Gasteiger partial charge in [-0.1, -0.05) is 0 Å². The number of nitro groups is 1. The fourth-order valence-electron chi connectivity index (χ4n) is 1.92. The summed E-state index contributed by atoms with van der Waals surface area (Å²) in [6, 6.07) is 1.31. The molecule has 3 N–H and O–H groups in total. The molecule has 1 fully saturated rings. The van der Waals surface area contributed by atoms with E-state index in [2.05, 4.69) is 5.32 Å². The number of halogens is 1. The molecule has 8 heteroatoms. The third-order valence-corrected chi connectivity index (χ3v) is 2.99. The summed E-state index contributed by atoms with van der Waals surface area (Å²) in [5.41, 5.74) is -1.32. The van der Waals surface area contributed by atoms with Gasteiger partial charge in [0.15, 0.2) is 0 Å². The lowest BCUT2D eigenvalue weighted by Crippen LogP contribution is -2.39. The lowest BCUT2D eigenvalue weighted by atomic mass is 9.89. The number of carboxylic acids is 1. The van der Waals surface area contributed by atoms with Crippen molar-refractivity contribution in [3.8, 4) is 0 Å². The van der Waals surface area contributed by atoms with E-state index in [-0.39, 0.29) is 11.7 Å². The maximum absolute atomic E-state index is 13.5. The molecular formula is C11H11FN2O5. The molecule has 1 aliphatic rings. The Morgan fingerprint density at radius 3 is 2.58 bits per heavy atom. The first-order valence-electron chi connectivity index (χ1n) is 5.54. The number of rotatable bonds is 4. The molecule has 0 heterocycles. The molecule has 0 amide bonds. The monoisotopic (exact) mass is 270 g/mol. The van der Waals surface area contributed by atoms with Gasteiger partial charge < -0.3 is 15.5 Å². The minimum atomic E-state index is -1.56. The molecule has 0 saturated heterocycles. The van der Waals surface area contributed by atoms with Gasteiger partial charge in [-0.15, -0.1) is 0 Å². The van der Waals surface area contributed by atoms with E-state index in [4.69, 9.17) is 10.2 Å². The number of benzene rings is 1. The van der Waals surface area contributed by atoms with Crippen molar-refractivity contribution in [2.24, 2.45) is 0 Å². The number of nitrogens with one attached hydrogen (secondary N) is 1. The summed E-state index contributed by atoms with van der Waals surface area (Å²) < 4.78 is 13.5. The van der Waals surface area contributed by atoms with Crippen molar-refractivity contribution in [2.75, 3.05) is 5.32 Å². The zero-order chi connectivity index (χ0) is 14.2. The molecule has 2 rings (SSSR count). The van der Waals surface area contributed by atoms with Crippen molar-refractivity contribution in [3.63, 3.8) is 0 Å². The minimum Gasteiger partial charge on any atom is -0.478 e. The molecule has 0 spiro atoms. The van der Waals surface area contributed by atoms with Gasteiger partial charge in [0, 0.05) is 18.2 Å². The van der Waals surface area contributed by atoms with E-state index in [0.29, 0.717) is 18.9 Å². The van der Waals surface area contributed by atoms with Crippen LogP contribution in [0.25, 0.3) is 0 Å². The quantitative estimate of drug-likeness (QED) is 0.562. The average molecular weight is 270 g/mol. The van der Waals surface area contributed by atoms with Gasteiger partial charge in [-0.3, -0.25) is 10.1 Å². The lowest BCUT2D eigenvalue weighted by Gasteiger charge is -2.32. The predicted molar refractivity (Wildman–Crippen MR) is 62.7 cm³/mol. The largest absolute Gasteiger partial charge is 0.478 e.